The molecule has 1 unspecified atom stereocenters. The quantitative estimate of drug-likeness (QED) is 0.428. The molecular formula is C25H21ClO6Se. The summed E-state index contributed by atoms with van der Waals surface area (Å²) in [6.07, 6.45) is 3.80. The van der Waals surface area contributed by atoms with Gasteiger partial charge in [0.05, 0.1) is 0 Å². The molecule has 0 aliphatic carbocycles. The van der Waals surface area contributed by atoms with Gasteiger partial charge >= 0.3 is 199 Å². The molecule has 1 aliphatic rings. The number of hydrogen-bond donors (Lipinski definition) is 0. The summed E-state index contributed by atoms with van der Waals surface area (Å²) in [6, 6.07) is 24.2. The summed E-state index contributed by atoms with van der Waals surface area (Å²) in [5.41, 5.74) is 3.36. The predicted molar refractivity (Wildman–Crippen MR) is 119 cm³/mol. The van der Waals surface area contributed by atoms with Gasteiger partial charge in [0.15, 0.2) is 0 Å². The van der Waals surface area contributed by atoms with Gasteiger partial charge < -0.3 is 0 Å². The fourth-order valence-electron chi connectivity index (χ4n) is 3.38. The van der Waals surface area contributed by atoms with E-state index in [1.807, 2.05) is 66.7 Å². The van der Waals surface area contributed by atoms with E-state index in [0.29, 0.717) is 20.4 Å². The van der Waals surface area contributed by atoms with E-state index < -0.39 is 24.0 Å². The Morgan fingerprint density at radius 3 is 1.70 bits per heavy atom. The van der Waals surface area contributed by atoms with Crippen molar-refractivity contribution in [1.82, 2.24) is 0 Å². The van der Waals surface area contributed by atoms with Gasteiger partial charge in [0.25, 0.3) is 0 Å². The fourth-order valence-corrected chi connectivity index (χ4v) is 8.45. The maximum atomic E-state index is 11.7. The fraction of sp³-hybridized carbons (Fsp3) is 0.0800. The SMILES string of the molecule is COc1ccc(C2=CC(c3ccccc3)=CC(c3ccc(OC)cc3)=[Se]2O[Cl+3]([O-])([O-])[O-])cc1. The van der Waals surface area contributed by atoms with E-state index in [0.717, 1.165) is 22.3 Å². The van der Waals surface area contributed by atoms with Crippen molar-refractivity contribution in [2.75, 3.05) is 14.2 Å². The van der Waals surface area contributed by atoms with Crippen molar-refractivity contribution in [2.45, 2.75) is 0 Å². The van der Waals surface area contributed by atoms with Gasteiger partial charge in [0.1, 0.15) is 0 Å². The summed E-state index contributed by atoms with van der Waals surface area (Å²) in [4.78, 5) is 0. The molecule has 170 valence electrons. The topological polar surface area (TPSA) is 96.9 Å². The number of halogens is 1. The Morgan fingerprint density at radius 2 is 1.18 bits per heavy atom. The molecule has 3 aromatic carbocycles. The van der Waals surface area contributed by atoms with Crippen LogP contribution in [-0.2, 0) is 3.37 Å². The van der Waals surface area contributed by atoms with Crippen LogP contribution in [0.3, 0.4) is 0 Å². The van der Waals surface area contributed by atoms with Crippen molar-refractivity contribution in [2.24, 2.45) is 0 Å². The summed E-state index contributed by atoms with van der Waals surface area (Å²) >= 11 is -2.76. The molecule has 1 atom stereocenters. The second kappa shape index (κ2) is 10.0. The molecule has 6 nitrogen and oxygen atoms in total. The predicted octanol–water partition coefficient (Wildman–Crippen LogP) is 1.43. The summed E-state index contributed by atoms with van der Waals surface area (Å²) in [7, 11) is -1.49. The maximum absolute atomic E-state index is 11.7. The molecule has 0 radical (unpaired) electrons. The third kappa shape index (κ3) is 5.61. The van der Waals surface area contributed by atoms with Gasteiger partial charge in [0, 0.05) is 0 Å². The molecule has 3 aromatic rings. The molecule has 1 heterocycles. The van der Waals surface area contributed by atoms with E-state index in [1.165, 1.54) is 0 Å². The first-order chi connectivity index (χ1) is 15.9. The van der Waals surface area contributed by atoms with E-state index in [9.17, 15) is 14.0 Å². The molecule has 0 fully saturated rings. The van der Waals surface area contributed by atoms with Gasteiger partial charge in [0.2, 0.25) is 0 Å². The molecule has 0 spiro atoms. The van der Waals surface area contributed by atoms with Gasteiger partial charge in [-0.3, -0.25) is 0 Å². The third-order valence-corrected chi connectivity index (χ3v) is 10.2. The van der Waals surface area contributed by atoms with Crippen LogP contribution in [0.4, 0.5) is 0 Å². The second-order valence-corrected chi connectivity index (χ2v) is 11.7. The summed E-state index contributed by atoms with van der Waals surface area (Å²) < 4.78 is 52.2. The second-order valence-electron chi connectivity index (χ2n) is 7.01. The minimum atomic E-state index is -4.64. The molecule has 8 heteroatoms. The van der Waals surface area contributed by atoms with Crippen LogP contribution in [0.25, 0.3) is 10.0 Å². The Balaban J connectivity index is 1.95. The molecule has 33 heavy (non-hydrogen) atoms. The first-order valence-electron chi connectivity index (χ1n) is 9.87. The first kappa shape index (κ1) is 23.4. The number of benzene rings is 3. The van der Waals surface area contributed by atoms with Crippen LogP contribution in [0.2, 0.25) is 0 Å². The molecule has 0 aromatic heterocycles. The van der Waals surface area contributed by atoms with Crippen LogP contribution in [0.1, 0.15) is 16.7 Å². The summed E-state index contributed by atoms with van der Waals surface area (Å²) in [5.74, 6) is 1.33. The minimum absolute atomic E-state index is 0.664. The Hall–Kier alpha value is -2.74. The van der Waals surface area contributed by atoms with Crippen LogP contribution < -0.4 is 23.5 Å². The standard InChI is InChI=1S/C25H21ClO6Se/c1-30-22-12-8-19(9-13-22)24-16-21(18-6-4-3-5-7-18)17-25(33(24)32-26(27,28)29)20-10-14-23(31-2)15-11-20/h3-17H,1-2H3. The van der Waals surface area contributed by atoms with E-state index in [1.54, 1.807) is 38.5 Å². The zero-order valence-electron chi connectivity index (χ0n) is 17.9. The molecular weight excluding hydrogens is 511 g/mol. The van der Waals surface area contributed by atoms with Crippen molar-refractivity contribution in [3.05, 3.63) is 108 Å². The van der Waals surface area contributed by atoms with E-state index >= 15 is 0 Å². The van der Waals surface area contributed by atoms with Crippen molar-refractivity contribution in [3.8, 4) is 11.5 Å². The molecule has 0 saturated carbocycles. The van der Waals surface area contributed by atoms with Crippen LogP contribution >= 0.6 is 0 Å². The van der Waals surface area contributed by atoms with Gasteiger partial charge in [-0.05, 0) is 0 Å². The Morgan fingerprint density at radius 1 is 0.636 bits per heavy atom. The van der Waals surface area contributed by atoms with Crippen LogP contribution in [0.15, 0.2) is 91.0 Å². The average Bonchev–Trinajstić information content (AvgIpc) is 2.84. The van der Waals surface area contributed by atoms with Gasteiger partial charge in [-0.2, -0.15) is 0 Å². The molecule has 0 saturated heterocycles. The monoisotopic (exact) mass is 532 g/mol. The molecule has 0 N–H and O–H groups in total. The summed E-state index contributed by atoms with van der Waals surface area (Å²) in [5, 5.41) is 0. The number of ether oxygens (including phenoxy) is 2. The normalized spacial score (nSPS) is 16.2. The summed E-state index contributed by atoms with van der Waals surface area (Å²) in [6.45, 7) is 0. The Labute approximate surface area is 198 Å². The molecule has 0 amide bonds. The van der Waals surface area contributed by atoms with Crippen molar-refractivity contribution < 1.29 is 37.1 Å². The van der Waals surface area contributed by atoms with Crippen LogP contribution in [0, 0.1) is 10.2 Å². The third-order valence-electron chi connectivity index (χ3n) is 4.97. The molecule has 1 aliphatic heterocycles. The van der Waals surface area contributed by atoms with Crippen molar-refractivity contribution >= 4 is 28.3 Å². The van der Waals surface area contributed by atoms with E-state index in [-0.39, 0.29) is 0 Å². The number of rotatable bonds is 7. The van der Waals surface area contributed by atoms with E-state index in [2.05, 4.69) is 0 Å². The van der Waals surface area contributed by atoms with Gasteiger partial charge in [-0.25, -0.2) is 0 Å². The Kier molecular flexibility index (Phi) is 7.12. The average molecular weight is 532 g/mol. The number of methoxy groups -OCH3 is 2. The van der Waals surface area contributed by atoms with E-state index in [4.69, 9.17) is 12.8 Å². The van der Waals surface area contributed by atoms with Crippen molar-refractivity contribution in [3.63, 3.8) is 0 Å². The van der Waals surface area contributed by atoms with Crippen LogP contribution in [0.5, 0.6) is 11.5 Å². The molecule has 4 rings (SSSR count). The van der Waals surface area contributed by atoms with Crippen LogP contribution in [-0.4, -0.2) is 32.4 Å². The van der Waals surface area contributed by atoms with Crippen molar-refractivity contribution in [1.29, 1.82) is 0 Å². The number of allylic oxidation sites excluding steroid dienone is 3. The zero-order valence-corrected chi connectivity index (χ0v) is 20.4. The zero-order chi connectivity index (χ0) is 23.4. The number of hydrogen-bond acceptors (Lipinski definition) is 6. The first-order valence-corrected chi connectivity index (χ1v) is 13.5. The van der Waals surface area contributed by atoms with Gasteiger partial charge in [-0.1, -0.05) is 0 Å². The van der Waals surface area contributed by atoms with Gasteiger partial charge in [-0.15, -0.1) is 0 Å². The Bertz CT molecular complexity index is 1210. The molecule has 0 bridgehead atoms.